The number of hydrogen-bond acceptors (Lipinski definition) is 5. The quantitative estimate of drug-likeness (QED) is 0.719. The maximum atomic E-state index is 12.8. The Kier molecular flexibility index (Phi) is 4.48. The number of piperidine rings is 1. The molecule has 1 aliphatic rings. The van der Waals surface area contributed by atoms with Crippen LogP contribution in [-0.4, -0.2) is 42.1 Å². The summed E-state index contributed by atoms with van der Waals surface area (Å²) in [5, 5.41) is 0.863. The Labute approximate surface area is 151 Å². The zero-order valence-electron chi connectivity index (χ0n) is 14.6. The van der Waals surface area contributed by atoms with E-state index in [0.717, 1.165) is 24.0 Å². The number of methoxy groups -OCH3 is 1. The number of ether oxygens (including phenoxy) is 2. The number of carbonyl (C=O) groups excluding carboxylic acids is 1. The average Bonchev–Trinajstić information content (AvgIpc) is 3.13. The van der Waals surface area contributed by atoms with E-state index in [4.69, 9.17) is 13.9 Å². The van der Waals surface area contributed by atoms with Crippen LogP contribution in [-0.2, 0) is 0 Å². The van der Waals surface area contributed by atoms with Gasteiger partial charge in [-0.2, -0.15) is 0 Å². The molecule has 0 spiro atoms. The van der Waals surface area contributed by atoms with Crippen LogP contribution in [0.1, 0.15) is 23.4 Å². The van der Waals surface area contributed by atoms with Gasteiger partial charge in [-0.1, -0.05) is 12.1 Å². The number of nitrogens with zero attached hydrogens (tertiary/aromatic N) is 2. The van der Waals surface area contributed by atoms with E-state index in [2.05, 4.69) is 4.98 Å². The molecule has 0 radical (unpaired) electrons. The standard InChI is InChI=1S/C20H20N2O4/c1-24-17-6-2-4-14-12-18(26-19(14)17)20(23)22-10-7-15(8-11-22)25-16-5-3-9-21-13-16/h2-6,9,12-13,15H,7-8,10-11H2,1H3. The molecule has 1 amide bonds. The lowest BCUT2D eigenvalue weighted by molar-refractivity contribution is 0.0568. The van der Waals surface area contributed by atoms with Crippen LogP contribution in [0.2, 0.25) is 0 Å². The summed E-state index contributed by atoms with van der Waals surface area (Å²) in [4.78, 5) is 18.6. The van der Waals surface area contributed by atoms with Gasteiger partial charge in [0.25, 0.3) is 5.91 Å². The summed E-state index contributed by atoms with van der Waals surface area (Å²) in [5.74, 6) is 1.64. The van der Waals surface area contributed by atoms with Crippen molar-refractivity contribution in [3.63, 3.8) is 0 Å². The van der Waals surface area contributed by atoms with Crippen LogP contribution in [0.4, 0.5) is 0 Å². The SMILES string of the molecule is COc1cccc2cc(C(=O)N3CCC(Oc4cccnc4)CC3)oc12. The molecule has 1 fully saturated rings. The predicted octanol–water partition coefficient (Wildman–Crippen LogP) is 3.52. The molecule has 0 aliphatic carbocycles. The Morgan fingerprint density at radius 2 is 2.08 bits per heavy atom. The van der Waals surface area contributed by atoms with Gasteiger partial charge in [-0.3, -0.25) is 9.78 Å². The minimum Gasteiger partial charge on any atom is -0.493 e. The number of fused-ring (bicyclic) bond motifs is 1. The van der Waals surface area contributed by atoms with E-state index in [1.807, 2.05) is 35.2 Å². The third kappa shape index (κ3) is 3.22. The van der Waals surface area contributed by atoms with Gasteiger partial charge in [-0.15, -0.1) is 0 Å². The number of rotatable bonds is 4. The first-order chi connectivity index (χ1) is 12.7. The van der Waals surface area contributed by atoms with Gasteiger partial charge in [-0.25, -0.2) is 0 Å². The van der Waals surface area contributed by atoms with E-state index in [1.165, 1.54) is 0 Å². The van der Waals surface area contributed by atoms with Crippen molar-refractivity contribution in [2.45, 2.75) is 18.9 Å². The summed E-state index contributed by atoms with van der Waals surface area (Å²) < 4.78 is 17.0. The van der Waals surface area contributed by atoms with Crippen molar-refractivity contribution in [3.05, 3.63) is 54.6 Å². The van der Waals surface area contributed by atoms with Crippen LogP contribution in [0, 0.1) is 0 Å². The topological polar surface area (TPSA) is 64.8 Å². The van der Waals surface area contributed by atoms with Crippen molar-refractivity contribution in [1.29, 1.82) is 0 Å². The van der Waals surface area contributed by atoms with E-state index in [-0.39, 0.29) is 12.0 Å². The molecule has 3 aromatic rings. The Morgan fingerprint density at radius 1 is 1.23 bits per heavy atom. The first-order valence-electron chi connectivity index (χ1n) is 8.67. The van der Waals surface area contributed by atoms with Crippen molar-refractivity contribution in [2.24, 2.45) is 0 Å². The molecule has 3 heterocycles. The molecule has 1 aromatic carbocycles. The number of amides is 1. The van der Waals surface area contributed by atoms with Crippen LogP contribution in [0.15, 0.2) is 53.2 Å². The minimum atomic E-state index is -0.0944. The molecule has 4 rings (SSSR count). The normalized spacial score (nSPS) is 15.2. The number of hydrogen-bond donors (Lipinski definition) is 0. The molecule has 0 saturated carbocycles. The van der Waals surface area contributed by atoms with E-state index < -0.39 is 0 Å². The Morgan fingerprint density at radius 3 is 2.81 bits per heavy atom. The molecule has 0 bridgehead atoms. The van der Waals surface area contributed by atoms with Crippen molar-refractivity contribution in [1.82, 2.24) is 9.88 Å². The highest BCUT2D eigenvalue weighted by Crippen LogP contribution is 2.29. The van der Waals surface area contributed by atoms with Crippen LogP contribution in [0.5, 0.6) is 11.5 Å². The molecule has 1 aliphatic heterocycles. The van der Waals surface area contributed by atoms with Crippen molar-refractivity contribution in [3.8, 4) is 11.5 Å². The third-order valence-electron chi connectivity index (χ3n) is 4.61. The zero-order valence-corrected chi connectivity index (χ0v) is 14.6. The van der Waals surface area contributed by atoms with Gasteiger partial charge in [0.15, 0.2) is 17.1 Å². The van der Waals surface area contributed by atoms with Crippen LogP contribution < -0.4 is 9.47 Å². The lowest BCUT2D eigenvalue weighted by Crippen LogP contribution is -2.41. The second-order valence-corrected chi connectivity index (χ2v) is 6.29. The predicted molar refractivity (Wildman–Crippen MR) is 96.6 cm³/mol. The van der Waals surface area contributed by atoms with Crippen molar-refractivity contribution >= 4 is 16.9 Å². The van der Waals surface area contributed by atoms with Gasteiger partial charge in [0.05, 0.1) is 13.3 Å². The van der Waals surface area contributed by atoms with E-state index in [0.29, 0.717) is 30.2 Å². The second kappa shape index (κ2) is 7.07. The van der Waals surface area contributed by atoms with Crippen LogP contribution in [0.3, 0.4) is 0 Å². The monoisotopic (exact) mass is 352 g/mol. The van der Waals surface area contributed by atoms with Gasteiger partial charge >= 0.3 is 0 Å². The molecule has 6 nitrogen and oxygen atoms in total. The van der Waals surface area contributed by atoms with Gasteiger partial charge in [0.2, 0.25) is 0 Å². The van der Waals surface area contributed by atoms with Crippen molar-refractivity contribution < 1.29 is 18.7 Å². The fraction of sp³-hybridized carbons (Fsp3) is 0.300. The fourth-order valence-electron chi connectivity index (χ4n) is 3.24. The zero-order chi connectivity index (χ0) is 17.9. The Bertz CT molecular complexity index is 899. The Hall–Kier alpha value is -3.02. The summed E-state index contributed by atoms with van der Waals surface area (Å²) in [6.45, 7) is 1.27. The molecular weight excluding hydrogens is 332 g/mol. The largest absolute Gasteiger partial charge is 0.493 e. The van der Waals surface area contributed by atoms with E-state index in [9.17, 15) is 4.79 Å². The highest BCUT2D eigenvalue weighted by Gasteiger charge is 2.27. The summed E-state index contributed by atoms with van der Waals surface area (Å²) in [5.41, 5.74) is 0.605. The number of furan rings is 1. The summed E-state index contributed by atoms with van der Waals surface area (Å²) >= 11 is 0. The smallest absolute Gasteiger partial charge is 0.289 e. The molecule has 0 atom stereocenters. The molecule has 134 valence electrons. The second-order valence-electron chi connectivity index (χ2n) is 6.29. The van der Waals surface area contributed by atoms with Crippen LogP contribution >= 0.6 is 0 Å². The molecule has 6 heteroatoms. The first kappa shape index (κ1) is 16.4. The number of pyridine rings is 1. The fourth-order valence-corrected chi connectivity index (χ4v) is 3.24. The maximum Gasteiger partial charge on any atom is 0.289 e. The van der Waals surface area contributed by atoms with Gasteiger partial charge in [0.1, 0.15) is 11.9 Å². The van der Waals surface area contributed by atoms with Gasteiger partial charge in [0, 0.05) is 37.5 Å². The van der Waals surface area contributed by atoms with Crippen LogP contribution in [0.25, 0.3) is 11.0 Å². The number of benzene rings is 1. The lowest BCUT2D eigenvalue weighted by Gasteiger charge is -2.31. The number of para-hydroxylation sites is 1. The summed E-state index contributed by atoms with van der Waals surface area (Å²) in [6, 6.07) is 11.1. The highest BCUT2D eigenvalue weighted by atomic mass is 16.5. The minimum absolute atomic E-state index is 0.0944. The molecule has 0 N–H and O–H groups in total. The van der Waals surface area contributed by atoms with Gasteiger partial charge < -0.3 is 18.8 Å². The highest BCUT2D eigenvalue weighted by molar-refractivity contribution is 5.97. The van der Waals surface area contributed by atoms with E-state index in [1.54, 1.807) is 25.6 Å². The first-order valence-corrected chi connectivity index (χ1v) is 8.67. The molecular formula is C20H20N2O4. The van der Waals surface area contributed by atoms with Crippen molar-refractivity contribution in [2.75, 3.05) is 20.2 Å². The Balaban J connectivity index is 1.42. The van der Waals surface area contributed by atoms with Gasteiger partial charge in [-0.05, 0) is 24.3 Å². The molecule has 26 heavy (non-hydrogen) atoms. The molecule has 1 saturated heterocycles. The summed E-state index contributed by atoms with van der Waals surface area (Å²) in [6.07, 6.45) is 5.09. The average molecular weight is 352 g/mol. The third-order valence-corrected chi connectivity index (χ3v) is 4.61. The number of aromatic nitrogens is 1. The lowest BCUT2D eigenvalue weighted by atomic mass is 10.1. The summed E-state index contributed by atoms with van der Waals surface area (Å²) in [7, 11) is 1.59. The molecule has 0 unspecified atom stereocenters. The maximum absolute atomic E-state index is 12.8. The number of carbonyl (C=O) groups is 1. The van der Waals surface area contributed by atoms with E-state index >= 15 is 0 Å². The number of likely N-dealkylation sites (tertiary alicyclic amines) is 1. The molecule has 2 aromatic heterocycles.